The van der Waals surface area contributed by atoms with Crippen molar-refractivity contribution < 1.29 is 121 Å². The Morgan fingerprint density at radius 1 is 0.274 bits per heavy atom. The smallest absolute Gasteiger partial charge is 0.0915 e. The van der Waals surface area contributed by atoms with Gasteiger partial charge in [0.25, 0.3) is 0 Å². The number of rotatable bonds is 15. The van der Waals surface area contributed by atoms with Crippen LogP contribution in [0.2, 0.25) is 58.9 Å². The molecule has 0 spiro atoms. The topological polar surface area (TPSA) is 265 Å². The van der Waals surface area contributed by atoms with Gasteiger partial charge in [-0.15, -0.1) is 0 Å². The van der Waals surface area contributed by atoms with E-state index in [-0.39, 0.29) is 129 Å². The van der Waals surface area contributed by atoms with Gasteiger partial charge in [0, 0.05) is 126 Å². The molecule has 8 aromatic heterocycles. The summed E-state index contributed by atoms with van der Waals surface area (Å²) < 4.78 is 0. The molecular formula is C90H122Ir4N8O8Si3. The Kier molecular flexibility index (Phi) is 47.1. The molecule has 4 aromatic carbocycles. The average molecular weight is 2300 g/mol. The number of fused-ring (bicyclic) bond motifs is 4. The second-order valence-electron chi connectivity index (χ2n) is 32.0. The maximum Gasteiger partial charge on any atom is 0.0915 e. The number of benzene rings is 4. The van der Waals surface area contributed by atoms with Crippen LogP contribution >= 0.6 is 0 Å². The molecule has 0 aliphatic carbocycles. The van der Waals surface area contributed by atoms with Gasteiger partial charge in [0.15, 0.2) is 0 Å². The fraction of sp³-hybridized carbons (Fsp3) is 0.378. The summed E-state index contributed by atoms with van der Waals surface area (Å²) >= 11 is 0. The van der Waals surface area contributed by atoms with Crippen molar-refractivity contribution >= 4 is 83.4 Å². The van der Waals surface area contributed by atoms with Crippen LogP contribution in [0.4, 0.5) is 0 Å². The number of hydrogen-bond donors (Lipinski definition) is 8. The second kappa shape index (κ2) is 50.6. The van der Waals surface area contributed by atoms with Crippen molar-refractivity contribution in [3.8, 4) is 45.6 Å². The van der Waals surface area contributed by atoms with Gasteiger partial charge in [-0.2, -0.15) is 0 Å². The van der Waals surface area contributed by atoms with Crippen molar-refractivity contribution in [1.82, 2.24) is 39.9 Å². The van der Waals surface area contributed by atoms with Crippen LogP contribution in [0.1, 0.15) is 109 Å². The van der Waals surface area contributed by atoms with Crippen molar-refractivity contribution in [2.75, 3.05) is 0 Å². The molecule has 0 saturated carbocycles. The predicted molar refractivity (Wildman–Crippen MR) is 464 cm³/mol. The normalized spacial score (nSPS) is 13.0. The molecule has 4 radical (unpaired) electrons. The molecule has 12 aromatic rings. The van der Waals surface area contributed by atoms with Crippen LogP contribution in [-0.4, -0.2) is 154 Å². The molecule has 0 aliphatic heterocycles. The molecule has 8 atom stereocenters. The zero-order valence-electron chi connectivity index (χ0n) is 69.9. The van der Waals surface area contributed by atoms with Crippen LogP contribution in [0.25, 0.3) is 89.2 Å². The summed E-state index contributed by atoms with van der Waals surface area (Å²) in [6.07, 6.45) is 4.47. The molecule has 12 rings (SSSR count). The molecule has 113 heavy (non-hydrogen) atoms. The van der Waals surface area contributed by atoms with E-state index < -0.39 is 24.2 Å². The second-order valence-corrected chi connectivity index (χ2v) is 47.2. The average Bonchev–Trinajstić information content (AvgIpc) is 0.825. The number of hydrogen-bond acceptors (Lipinski definition) is 16. The summed E-state index contributed by atoms with van der Waals surface area (Å²) in [7, 11) is -3.82. The van der Waals surface area contributed by atoms with E-state index >= 15 is 0 Å². The van der Waals surface area contributed by atoms with E-state index in [1.165, 1.54) is 59.4 Å². The molecule has 0 aliphatic rings. The number of aliphatic hydroxyl groups is 8. The van der Waals surface area contributed by atoms with Crippen molar-refractivity contribution in [1.29, 1.82) is 0 Å². The van der Waals surface area contributed by atoms with Gasteiger partial charge in [-0.25, -0.2) is 19.9 Å². The van der Waals surface area contributed by atoms with Crippen molar-refractivity contribution in [3.05, 3.63) is 222 Å². The van der Waals surface area contributed by atoms with E-state index in [9.17, 15) is 0 Å². The zero-order valence-corrected chi connectivity index (χ0v) is 82.5. The van der Waals surface area contributed by atoms with Crippen LogP contribution < -0.4 is 15.6 Å². The van der Waals surface area contributed by atoms with Gasteiger partial charge in [-0.1, -0.05) is 171 Å². The molecule has 8 heterocycles. The summed E-state index contributed by atoms with van der Waals surface area (Å²) in [5, 5.41) is 77.7. The van der Waals surface area contributed by atoms with Crippen molar-refractivity contribution in [2.45, 2.75) is 223 Å². The molecule has 23 heteroatoms. The predicted octanol–water partition coefficient (Wildman–Crippen LogP) is 16.9. The third-order valence-corrected chi connectivity index (χ3v) is 23.1. The molecule has 16 nitrogen and oxygen atoms in total. The third-order valence-electron chi connectivity index (χ3n) is 16.9. The summed E-state index contributed by atoms with van der Waals surface area (Å²) in [6.45, 7) is 44.9. The fourth-order valence-corrected chi connectivity index (χ4v) is 14.9. The molecule has 0 amide bonds. The number of aryl methyl sites for hydroxylation is 5. The Bertz CT molecular complexity index is 4690. The quantitative estimate of drug-likeness (QED) is 0.0444. The van der Waals surface area contributed by atoms with E-state index in [0.29, 0.717) is 25.7 Å². The van der Waals surface area contributed by atoms with Crippen molar-refractivity contribution in [2.24, 2.45) is 0 Å². The Morgan fingerprint density at radius 2 is 0.584 bits per heavy atom. The largest absolute Gasteiger partial charge is 0.393 e. The number of aromatic nitrogens is 8. The minimum absolute atomic E-state index is 0. The van der Waals surface area contributed by atoms with E-state index in [1.54, 1.807) is 61.6 Å². The SMILES string of the molecule is CC(O)CC(C)O.CC(O)CC(C)O.CC(O)CC(C)O.CC(O)CC(C)O.C[Si](C)(C)c1ccc2nc(-c3ccccn3)ccc2c1.Cc1ccc(-c2ccc3cc([Si](C)(C)C)ccc3n2)nc1.Cc1cccc(-c2ccc3cc([Si](C)(C)C)ccc3n2)n1.Cc1cnc(-c2ccc3cc(C)ccc3n2)c(C)c1.[Ir].[Ir].[Ir].[Ir]. The molecule has 0 saturated heterocycles. The van der Waals surface area contributed by atoms with Crippen molar-refractivity contribution in [3.63, 3.8) is 0 Å². The Balaban J connectivity index is 0.000000670. The van der Waals surface area contributed by atoms with E-state index in [4.69, 9.17) is 60.8 Å². The van der Waals surface area contributed by atoms with Gasteiger partial charge in [0.05, 0.1) is 141 Å². The first-order valence-corrected chi connectivity index (χ1v) is 48.3. The molecular weight excluding hydrogens is 2170 g/mol. The van der Waals surface area contributed by atoms with Crippen LogP contribution in [-0.2, 0) is 80.4 Å². The third kappa shape index (κ3) is 38.3. The Labute approximate surface area is 729 Å². The first kappa shape index (κ1) is 105. The van der Waals surface area contributed by atoms with Crippen LogP contribution in [0, 0.1) is 34.6 Å². The Morgan fingerprint density at radius 3 is 0.912 bits per heavy atom. The van der Waals surface area contributed by atoms with Gasteiger partial charge >= 0.3 is 0 Å². The van der Waals surface area contributed by atoms with Gasteiger partial charge in [0.1, 0.15) is 0 Å². The zero-order chi connectivity index (χ0) is 81.1. The maximum atomic E-state index is 8.56. The molecule has 8 N–H and O–H groups in total. The molecule has 8 unspecified atom stereocenters. The van der Waals surface area contributed by atoms with Crippen LogP contribution in [0.15, 0.2) is 195 Å². The van der Waals surface area contributed by atoms with Crippen LogP contribution in [0.3, 0.4) is 0 Å². The summed E-state index contributed by atoms with van der Waals surface area (Å²) in [6, 6.07) is 61.3. The molecule has 618 valence electrons. The van der Waals surface area contributed by atoms with Crippen LogP contribution in [0.5, 0.6) is 0 Å². The first-order chi connectivity index (χ1) is 51.0. The summed E-state index contributed by atoms with van der Waals surface area (Å²) in [5.74, 6) is 0. The molecule has 0 bridgehead atoms. The van der Waals surface area contributed by atoms with Gasteiger partial charge < -0.3 is 40.9 Å². The van der Waals surface area contributed by atoms with E-state index in [1.807, 2.05) is 74.8 Å². The minimum atomic E-state index is -1.28. The number of aliphatic hydroxyl groups excluding tert-OH is 8. The van der Waals surface area contributed by atoms with E-state index in [2.05, 4.69) is 227 Å². The minimum Gasteiger partial charge on any atom is -0.393 e. The summed E-state index contributed by atoms with van der Waals surface area (Å²) in [5.41, 5.74) is 17.4. The summed E-state index contributed by atoms with van der Waals surface area (Å²) in [4.78, 5) is 36.8. The number of nitrogens with zero attached hydrogens (tertiary/aromatic N) is 8. The standard InChI is InChI=1S/2C18H20N2Si.C17H18N2Si.C17H16N2.4C5H12O2.4Ir/c1-13-5-8-17(19-12-13)18-9-6-14-11-15(21(2,3)4)7-10-16(14)20-18;1-13-6-5-7-17(19-13)18-10-8-14-12-15(21(2,3)4)9-11-16(14)20-18;1-20(2,3)14-8-10-15-13(12-14)7-9-17(19-15)16-6-4-5-11-18-16;1-11-4-6-15-14(9-11)5-7-16(19-15)17-13(3)8-12(2)10-18-17;4*1-4(6)3-5(2)7;;;;/h2*5-12H,1-4H3;4-12H,1-3H3;4-10H,1-3H3;4*4-7H,3H2,1-2H3;;;;. The maximum absolute atomic E-state index is 8.56. The molecule has 0 fully saturated rings. The van der Waals surface area contributed by atoms with E-state index in [0.717, 1.165) is 73.3 Å². The first-order valence-electron chi connectivity index (χ1n) is 37.8. The monoisotopic (exact) mass is 2300 g/mol. The van der Waals surface area contributed by atoms with Gasteiger partial charge in [-0.05, 0) is 217 Å². The van der Waals surface area contributed by atoms with Gasteiger partial charge in [-0.3, -0.25) is 19.9 Å². The fourth-order valence-electron chi connectivity index (χ4n) is 11.4. The Hall–Kier alpha value is -5.95. The number of pyridine rings is 8. The van der Waals surface area contributed by atoms with Gasteiger partial charge in [0.2, 0.25) is 0 Å².